The largest absolute Gasteiger partial charge is 0.399 e. The summed E-state index contributed by atoms with van der Waals surface area (Å²) in [6, 6.07) is 13.0. The molecule has 29 heavy (non-hydrogen) atoms. The summed E-state index contributed by atoms with van der Waals surface area (Å²) >= 11 is 0. The third kappa shape index (κ3) is 3.99. The van der Waals surface area contributed by atoms with Gasteiger partial charge in [-0.2, -0.15) is 0 Å². The Morgan fingerprint density at radius 3 is 2.55 bits per heavy atom. The van der Waals surface area contributed by atoms with Gasteiger partial charge < -0.3 is 20.6 Å². The average molecular weight is 396 g/mol. The number of piperidine rings is 1. The quantitative estimate of drug-likeness (QED) is 0.807. The van der Waals surface area contributed by atoms with Gasteiger partial charge in [-0.1, -0.05) is 30.3 Å². The van der Waals surface area contributed by atoms with Crippen molar-refractivity contribution in [3.63, 3.8) is 0 Å². The third-order valence-electron chi connectivity index (χ3n) is 6.25. The summed E-state index contributed by atoms with van der Waals surface area (Å²) in [5.74, 6) is -0.133. The van der Waals surface area contributed by atoms with Gasteiger partial charge in [0.1, 0.15) is 11.3 Å². The van der Waals surface area contributed by atoms with E-state index in [0.29, 0.717) is 30.9 Å². The Morgan fingerprint density at radius 2 is 1.86 bits per heavy atom. The average Bonchev–Trinajstić information content (AvgIpc) is 2.75. The van der Waals surface area contributed by atoms with Gasteiger partial charge in [0.05, 0.1) is 6.04 Å². The fourth-order valence-electron chi connectivity index (χ4n) is 4.45. The van der Waals surface area contributed by atoms with Gasteiger partial charge in [-0.25, -0.2) is 0 Å². The molecule has 0 spiro atoms. The van der Waals surface area contributed by atoms with Crippen LogP contribution in [0.25, 0.3) is 0 Å². The number of rotatable bonds is 3. The van der Waals surface area contributed by atoms with Crippen LogP contribution < -0.4 is 5.73 Å². The van der Waals surface area contributed by atoms with Gasteiger partial charge in [-0.3, -0.25) is 14.7 Å². The van der Waals surface area contributed by atoms with Crippen molar-refractivity contribution in [2.24, 2.45) is 0 Å². The van der Waals surface area contributed by atoms with E-state index in [9.17, 15) is 9.90 Å². The predicted molar refractivity (Wildman–Crippen MR) is 112 cm³/mol. The Kier molecular flexibility index (Phi) is 5.54. The normalized spacial score (nSPS) is 26.4. The number of likely N-dealkylation sites (N-methyl/N-ethyl adjacent to an activating group) is 1. The maximum absolute atomic E-state index is 13.1. The van der Waals surface area contributed by atoms with Crippen molar-refractivity contribution in [1.29, 1.82) is 0 Å². The van der Waals surface area contributed by atoms with Crippen molar-refractivity contribution in [2.45, 2.75) is 18.1 Å². The minimum atomic E-state index is -0.989. The predicted octanol–water partition coefficient (Wildman–Crippen LogP) is 1.01. The van der Waals surface area contributed by atoms with Crippen LogP contribution in [0.3, 0.4) is 0 Å². The summed E-state index contributed by atoms with van der Waals surface area (Å²) in [7, 11) is 2.11. The number of nitrogen functional groups attached to an aromatic ring is 1. The lowest BCUT2D eigenvalue weighted by Gasteiger charge is -2.51. The van der Waals surface area contributed by atoms with E-state index in [0.717, 1.165) is 31.7 Å². The summed E-state index contributed by atoms with van der Waals surface area (Å²) in [5, 5.41) is 11.8. The standard InChI is InChI=1S/C22H29N5O2/c1-25-11-13-26(14-12-25)20-16-27(21(28)19-15-18(23)7-9-24-19)10-8-22(20,29)17-5-3-2-4-6-17/h2-7,9,15,20,29H,8,10-14,16H2,1H3,(H2,23,24)/t20-,22+/m1/s1. The molecule has 7 heteroatoms. The molecule has 0 bridgehead atoms. The van der Waals surface area contributed by atoms with Crippen molar-refractivity contribution >= 4 is 11.6 Å². The number of benzene rings is 1. The van der Waals surface area contributed by atoms with Crippen LogP contribution in [0.4, 0.5) is 5.69 Å². The second-order valence-electron chi connectivity index (χ2n) is 8.12. The smallest absolute Gasteiger partial charge is 0.272 e. The molecule has 4 rings (SSSR count). The molecule has 3 heterocycles. The second kappa shape index (κ2) is 8.10. The van der Waals surface area contributed by atoms with Crippen molar-refractivity contribution in [2.75, 3.05) is 52.0 Å². The molecule has 2 aliphatic rings. The zero-order valence-corrected chi connectivity index (χ0v) is 16.9. The summed E-state index contributed by atoms with van der Waals surface area (Å²) in [5.41, 5.74) is 6.64. The van der Waals surface area contributed by atoms with Gasteiger partial charge in [-0.15, -0.1) is 0 Å². The highest BCUT2D eigenvalue weighted by Crippen LogP contribution is 2.36. The van der Waals surface area contributed by atoms with E-state index in [4.69, 9.17) is 5.73 Å². The first-order chi connectivity index (χ1) is 14.0. The SMILES string of the molecule is CN1CCN([C@@H]2CN(C(=O)c3cc(N)ccn3)CC[C@]2(O)c2ccccc2)CC1. The first kappa shape index (κ1) is 19.8. The Balaban J connectivity index is 1.62. The molecule has 0 unspecified atom stereocenters. The molecule has 2 fully saturated rings. The Hall–Kier alpha value is -2.48. The number of aromatic nitrogens is 1. The van der Waals surface area contributed by atoms with Crippen LogP contribution in [0, 0.1) is 0 Å². The number of likely N-dealkylation sites (tertiary alicyclic amines) is 1. The number of carbonyl (C=O) groups excluding carboxylic acids is 1. The number of hydrogen-bond acceptors (Lipinski definition) is 6. The van der Waals surface area contributed by atoms with Crippen LogP contribution in [0.2, 0.25) is 0 Å². The lowest BCUT2D eigenvalue weighted by atomic mass is 9.79. The van der Waals surface area contributed by atoms with Gasteiger partial charge in [-0.05, 0) is 31.2 Å². The van der Waals surface area contributed by atoms with E-state index in [1.165, 1.54) is 0 Å². The number of hydrogen-bond donors (Lipinski definition) is 2. The highest BCUT2D eigenvalue weighted by Gasteiger charge is 2.47. The Labute approximate surface area is 171 Å². The Bertz CT molecular complexity index is 853. The molecule has 0 radical (unpaired) electrons. The maximum Gasteiger partial charge on any atom is 0.272 e. The number of nitrogens with zero attached hydrogens (tertiary/aromatic N) is 4. The van der Waals surface area contributed by atoms with Crippen molar-refractivity contribution in [3.8, 4) is 0 Å². The summed E-state index contributed by atoms with van der Waals surface area (Å²) in [6.07, 6.45) is 2.05. The first-order valence-corrected chi connectivity index (χ1v) is 10.2. The minimum Gasteiger partial charge on any atom is -0.399 e. The maximum atomic E-state index is 13.1. The molecule has 2 atom stereocenters. The molecule has 0 saturated carbocycles. The van der Waals surface area contributed by atoms with Crippen molar-refractivity contribution in [3.05, 3.63) is 59.9 Å². The first-order valence-electron chi connectivity index (χ1n) is 10.2. The highest BCUT2D eigenvalue weighted by atomic mass is 16.3. The van der Waals surface area contributed by atoms with Gasteiger partial charge in [0.2, 0.25) is 0 Å². The fourth-order valence-corrected chi connectivity index (χ4v) is 4.45. The van der Waals surface area contributed by atoms with Crippen LogP contribution in [0.15, 0.2) is 48.7 Å². The molecule has 1 aromatic heterocycles. The molecule has 2 aromatic rings. The van der Waals surface area contributed by atoms with E-state index >= 15 is 0 Å². The van der Waals surface area contributed by atoms with Gasteiger partial charge >= 0.3 is 0 Å². The van der Waals surface area contributed by atoms with Gasteiger partial charge in [0.25, 0.3) is 5.91 Å². The molecule has 2 aliphatic heterocycles. The molecular formula is C22H29N5O2. The van der Waals surface area contributed by atoms with Crippen LogP contribution >= 0.6 is 0 Å². The number of aliphatic hydroxyl groups is 1. The minimum absolute atomic E-state index is 0.133. The summed E-state index contributed by atoms with van der Waals surface area (Å²) in [6.45, 7) is 4.58. The number of carbonyl (C=O) groups is 1. The second-order valence-corrected chi connectivity index (χ2v) is 8.12. The number of pyridine rings is 1. The third-order valence-corrected chi connectivity index (χ3v) is 6.25. The lowest BCUT2D eigenvalue weighted by molar-refractivity contribution is -0.101. The van der Waals surface area contributed by atoms with E-state index in [1.54, 1.807) is 18.3 Å². The van der Waals surface area contributed by atoms with E-state index in [2.05, 4.69) is 21.8 Å². The van der Waals surface area contributed by atoms with Crippen LogP contribution in [0.1, 0.15) is 22.5 Å². The summed E-state index contributed by atoms with van der Waals surface area (Å²) in [4.78, 5) is 23.7. The molecule has 1 amide bonds. The molecular weight excluding hydrogens is 366 g/mol. The fraction of sp³-hybridized carbons (Fsp3) is 0.455. The molecule has 154 valence electrons. The zero-order chi connectivity index (χ0) is 20.4. The van der Waals surface area contributed by atoms with Crippen LogP contribution in [-0.2, 0) is 5.60 Å². The number of nitrogens with two attached hydrogens (primary N) is 1. The lowest BCUT2D eigenvalue weighted by Crippen LogP contribution is -2.64. The Morgan fingerprint density at radius 1 is 1.14 bits per heavy atom. The van der Waals surface area contributed by atoms with Gasteiger partial charge in [0.15, 0.2) is 0 Å². The zero-order valence-electron chi connectivity index (χ0n) is 16.9. The monoisotopic (exact) mass is 395 g/mol. The van der Waals surface area contributed by atoms with E-state index in [1.807, 2.05) is 35.2 Å². The molecule has 7 nitrogen and oxygen atoms in total. The van der Waals surface area contributed by atoms with Crippen molar-refractivity contribution in [1.82, 2.24) is 19.7 Å². The van der Waals surface area contributed by atoms with E-state index < -0.39 is 5.60 Å². The van der Waals surface area contributed by atoms with Crippen LogP contribution in [0.5, 0.6) is 0 Å². The number of piperazine rings is 1. The number of anilines is 1. The molecule has 0 aliphatic carbocycles. The molecule has 1 aromatic carbocycles. The van der Waals surface area contributed by atoms with Crippen LogP contribution in [-0.4, -0.2) is 83.1 Å². The molecule has 3 N–H and O–H groups in total. The van der Waals surface area contributed by atoms with Gasteiger partial charge in [0, 0.05) is 51.2 Å². The number of amides is 1. The molecule has 2 saturated heterocycles. The highest BCUT2D eigenvalue weighted by molar-refractivity contribution is 5.93. The van der Waals surface area contributed by atoms with Crippen molar-refractivity contribution < 1.29 is 9.90 Å². The summed E-state index contributed by atoms with van der Waals surface area (Å²) < 4.78 is 0. The van der Waals surface area contributed by atoms with E-state index in [-0.39, 0.29) is 11.9 Å². The topological polar surface area (TPSA) is 85.9 Å².